The molecule has 12 heavy (non-hydrogen) atoms. The number of carbonyl (C=O) groups excluding carboxylic acids is 1. The zero-order chi connectivity index (χ0) is 9.19. The van der Waals surface area contributed by atoms with Gasteiger partial charge in [0.15, 0.2) is 0 Å². The molecule has 1 aliphatic carbocycles. The highest BCUT2D eigenvalue weighted by Crippen LogP contribution is 2.41. The Balaban J connectivity index is 2.56. The van der Waals surface area contributed by atoms with Gasteiger partial charge in [-0.15, -0.1) is 0 Å². The van der Waals surface area contributed by atoms with E-state index in [0.717, 1.165) is 12.8 Å². The summed E-state index contributed by atoms with van der Waals surface area (Å²) in [5.74, 6) is 0.124. The predicted octanol–water partition coefficient (Wildman–Crippen LogP) is 2.29. The van der Waals surface area contributed by atoms with Gasteiger partial charge in [-0.1, -0.05) is 20.4 Å². The summed E-state index contributed by atoms with van der Waals surface area (Å²) in [5.41, 5.74) is -0.175. The first kappa shape index (κ1) is 9.30. The molecule has 0 amide bonds. The predicted molar refractivity (Wildman–Crippen MR) is 47.7 cm³/mol. The highest BCUT2D eigenvalue weighted by atomic mass is 16.6. The molecule has 0 saturated heterocycles. The third-order valence-corrected chi connectivity index (χ3v) is 2.72. The molecule has 0 aliphatic heterocycles. The van der Waals surface area contributed by atoms with E-state index in [1.807, 2.05) is 0 Å². The molecule has 0 aromatic carbocycles. The minimum atomic E-state index is -0.289. The van der Waals surface area contributed by atoms with E-state index in [0.29, 0.717) is 5.92 Å². The number of hydrogen-bond donors (Lipinski definition) is 0. The van der Waals surface area contributed by atoms with E-state index in [1.165, 1.54) is 12.5 Å². The Morgan fingerprint density at radius 1 is 1.58 bits per heavy atom. The van der Waals surface area contributed by atoms with Gasteiger partial charge in [0.25, 0.3) is 0 Å². The van der Waals surface area contributed by atoms with E-state index in [4.69, 9.17) is 4.74 Å². The van der Waals surface area contributed by atoms with Crippen molar-refractivity contribution in [3.05, 3.63) is 12.7 Å². The summed E-state index contributed by atoms with van der Waals surface area (Å²) in [6.45, 7) is 7.57. The van der Waals surface area contributed by atoms with Crippen LogP contribution in [0.25, 0.3) is 0 Å². The summed E-state index contributed by atoms with van der Waals surface area (Å²) >= 11 is 0. The van der Waals surface area contributed by atoms with Gasteiger partial charge in [0, 0.05) is 6.08 Å². The molecule has 2 heteroatoms. The number of ether oxygens (including phenoxy) is 1. The number of carbonyl (C=O) groups is 1. The van der Waals surface area contributed by atoms with Crippen LogP contribution in [-0.2, 0) is 9.53 Å². The maximum Gasteiger partial charge on any atom is 0.330 e. The number of esters is 1. The van der Waals surface area contributed by atoms with Crippen LogP contribution in [0.15, 0.2) is 12.7 Å². The first-order valence-corrected chi connectivity index (χ1v) is 4.46. The van der Waals surface area contributed by atoms with Crippen molar-refractivity contribution in [1.29, 1.82) is 0 Å². The average Bonchev–Trinajstić information content (AvgIpc) is 1.95. The second-order valence-electron chi connectivity index (χ2n) is 3.70. The third kappa shape index (κ3) is 1.52. The molecule has 68 valence electrons. The molecule has 2 nitrogen and oxygen atoms in total. The second-order valence-corrected chi connectivity index (χ2v) is 3.70. The summed E-state index contributed by atoms with van der Waals surface area (Å²) < 4.78 is 5.33. The molecule has 0 aromatic heterocycles. The number of rotatable bonds is 3. The van der Waals surface area contributed by atoms with Gasteiger partial charge in [0.05, 0.1) is 0 Å². The van der Waals surface area contributed by atoms with E-state index < -0.39 is 0 Å². The Morgan fingerprint density at radius 3 is 2.42 bits per heavy atom. The number of hydrogen-bond acceptors (Lipinski definition) is 2. The largest absolute Gasteiger partial charge is 0.456 e. The fraction of sp³-hybridized carbons (Fsp3) is 0.700. The molecule has 0 unspecified atom stereocenters. The Kier molecular flexibility index (Phi) is 2.55. The van der Waals surface area contributed by atoms with Crippen LogP contribution in [0.4, 0.5) is 0 Å². The maximum absolute atomic E-state index is 11.0. The van der Waals surface area contributed by atoms with E-state index in [9.17, 15) is 4.79 Å². The van der Waals surface area contributed by atoms with Crippen molar-refractivity contribution in [2.75, 3.05) is 0 Å². The highest BCUT2D eigenvalue weighted by Gasteiger charge is 2.43. The van der Waals surface area contributed by atoms with Crippen molar-refractivity contribution < 1.29 is 9.53 Å². The summed E-state index contributed by atoms with van der Waals surface area (Å²) in [6.07, 6.45) is 4.42. The van der Waals surface area contributed by atoms with Crippen LogP contribution in [0.5, 0.6) is 0 Å². The van der Waals surface area contributed by atoms with Crippen molar-refractivity contribution in [2.24, 2.45) is 5.92 Å². The third-order valence-electron chi connectivity index (χ3n) is 2.72. The maximum atomic E-state index is 11.0. The fourth-order valence-electron chi connectivity index (χ4n) is 1.56. The van der Waals surface area contributed by atoms with Gasteiger partial charge < -0.3 is 4.74 Å². The van der Waals surface area contributed by atoms with Crippen molar-refractivity contribution in [1.82, 2.24) is 0 Å². The molecule has 0 bridgehead atoms. The molecule has 0 heterocycles. The standard InChI is InChI=1S/C10H16O2/c1-4-9(11)12-10(8(2)3)6-5-7-10/h4,8H,1,5-7H2,2-3H3. The summed E-state index contributed by atoms with van der Waals surface area (Å²) in [4.78, 5) is 11.0. The molecule has 1 saturated carbocycles. The molecule has 1 rings (SSSR count). The molecular weight excluding hydrogens is 152 g/mol. The van der Waals surface area contributed by atoms with Crippen molar-refractivity contribution in [2.45, 2.75) is 38.7 Å². The van der Waals surface area contributed by atoms with Crippen molar-refractivity contribution >= 4 is 5.97 Å². The lowest BCUT2D eigenvalue weighted by Crippen LogP contribution is -2.46. The van der Waals surface area contributed by atoms with Gasteiger partial charge in [-0.3, -0.25) is 0 Å². The van der Waals surface area contributed by atoms with Gasteiger partial charge in [0.1, 0.15) is 5.60 Å². The summed E-state index contributed by atoms with van der Waals surface area (Å²) in [6, 6.07) is 0. The van der Waals surface area contributed by atoms with Gasteiger partial charge in [-0.2, -0.15) is 0 Å². The topological polar surface area (TPSA) is 26.3 Å². The fourth-order valence-corrected chi connectivity index (χ4v) is 1.56. The summed E-state index contributed by atoms with van der Waals surface area (Å²) in [7, 11) is 0. The lowest BCUT2D eigenvalue weighted by molar-refractivity contribution is -0.171. The van der Waals surface area contributed by atoms with Crippen LogP contribution in [0.2, 0.25) is 0 Å². The Hall–Kier alpha value is -0.790. The Labute approximate surface area is 73.6 Å². The van der Waals surface area contributed by atoms with E-state index in [-0.39, 0.29) is 11.6 Å². The SMILES string of the molecule is C=CC(=O)OC1(C(C)C)CCC1. The van der Waals surface area contributed by atoms with Crippen LogP contribution in [0.1, 0.15) is 33.1 Å². The van der Waals surface area contributed by atoms with Crippen LogP contribution < -0.4 is 0 Å². The minimum Gasteiger partial charge on any atom is -0.456 e. The highest BCUT2D eigenvalue weighted by molar-refractivity contribution is 5.81. The molecule has 0 atom stereocenters. The first-order chi connectivity index (χ1) is 5.60. The van der Waals surface area contributed by atoms with Gasteiger partial charge in [0.2, 0.25) is 0 Å². The van der Waals surface area contributed by atoms with Crippen molar-refractivity contribution in [3.63, 3.8) is 0 Å². The smallest absolute Gasteiger partial charge is 0.330 e. The summed E-state index contributed by atoms with van der Waals surface area (Å²) in [5, 5.41) is 0. The molecule has 1 aliphatic rings. The molecule has 1 fully saturated rings. The lowest BCUT2D eigenvalue weighted by Gasteiger charge is -2.44. The van der Waals surface area contributed by atoms with Crippen LogP contribution in [0.3, 0.4) is 0 Å². The minimum absolute atomic E-state index is 0.175. The molecule has 0 spiro atoms. The molecule has 0 N–H and O–H groups in total. The van der Waals surface area contributed by atoms with E-state index >= 15 is 0 Å². The Morgan fingerprint density at radius 2 is 2.17 bits per heavy atom. The van der Waals surface area contributed by atoms with Crippen LogP contribution in [0, 0.1) is 5.92 Å². The van der Waals surface area contributed by atoms with E-state index in [1.54, 1.807) is 0 Å². The van der Waals surface area contributed by atoms with Crippen molar-refractivity contribution in [3.8, 4) is 0 Å². The van der Waals surface area contributed by atoms with Crippen LogP contribution in [-0.4, -0.2) is 11.6 Å². The molecular formula is C10H16O2. The average molecular weight is 168 g/mol. The quantitative estimate of drug-likeness (QED) is 0.477. The zero-order valence-electron chi connectivity index (χ0n) is 7.80. The second kappa shape index (κ2) is 3.30. The first-order valence-electron chi connectivity index (χ1n) is 4.46. The van der Waals surface area contributed by atoms with Gasteiger partial charge >= 0.3 is 5.97 Å². The lowest BCUT2D eigenvalue weighted by atomic mass is 9.72. The van der Waals surface area contributed by atoms with E-state index in [2.05, 4.69) is 20.4 Å². The normalized spacial score (nSPS) is 19.9. The van der Waals surface area contributed by atoms with Gasteiger partial charge in [-0.25, -0.2) is 4.79 Å². The van der Waals surface area contributed by atoms with Crippen LogP contribution >= 0.6 is 0 Å². The molecule has 0 radical (unpaired) electrons. The molecule has 0 aromatic rings. The monoisotopic (exact) mass is 168 g/mol. The zero-order valence-corrected chi connectivity index (χ0v) is 7.80. The Bertz CT molecular complexity index is 190. The van der Waals surface area contributed by atoms with Gasteiger partial charge in [-0.05, 0) is 25.2 Å².